The van der Waals surface area contributed by atoms with E-state index in [1.54, 1.807) is 20.8 Å². The number of aliphatic hydroxyl groups is 1. The summed E-state index contributed by atoms with van der Waals surface area (Å²) in [5.74, 6) is -1.63. The number of aromatic nitrogens is 4. The fourth-order valence-electron chi connectivity index (χ4n) is 2.28. The average Bonchev–Trinajstić information content (AvgIpc) is 2.89. The standard InChI is InChI=1S/C14H18F3N5O2/c1-7(23)6-18-11(24)5-4-10-8(2)19-13-20-12(14(15,16)17)21-22(13)9(10)3/h7,23H,4-6H2,1-3H3,(H,18,24). The Bertz CT molecular complexity index is 755. The number of alkyl halides is 3. The molecule has 0 aliphatic rings. The highest BCUT2D eigenvalue weighted by Crippen LogP contribution is 2.27. The Hall–Kier alpha value is -2.23. The normalized spacial score (nSPS) is 13.3. The molecule has 0 radical (unpaired) electrons. The maximum absolute atomic E-state index is 12.7. The Balaban J connectivity index is 2.23. The van der Waals surface area contributed by atoms with Crippen molar-refractivity contribution in [3.63, 3.8) is 0 Å². The summed E-state index contributed by atoms with van der Waals surface area (Å²) in [6.07, 6.45) is -4.86. The quantitative estimate of drug-likeness (QED) is 0.849. The second-order valence-electron chi connectivity index (χ2n) is 5.56. The monoisotopic (exact) mass is 345 g/mol. The van der Waals surface area contributed by atoms with Crippen LogP contribution in [0.5, 0.6) is 0 Å². The lowest BCUT2D eigenvalue weighted by molar-refractivity contribution is -0.144. The summed E-state index contributed by atoms with van der Waals surface area (Å²) >= 11 is 0. The molecule has 2 rings (SSSR count). The van der Waals surface area contributed by atoms with E-state index in [0.29, 0.717) is 23.4 Å². The molecule has 2 aromatic heterocycles. The van der Waals surface area contributed by atoms with Crippen LogP contribution in [0.15, 0.2) is 0 Å². The molecule has 0 aliphatic heterocycles. The van der Waals surface area contributed by atoms with Gasteiger partial charge in [-0.05, 0) is 32.8 Å². The van der Waals surface area contributed by atoms with Crippen molar-refractivity contribution in [1.82, 2.24) is 24.9 Å². The molecule has 0 bridgehead atoms. The number of carbonyl (C=O) groups excluding carboxylic acids is 1. The molecule has 0 fully saturated rings. The van der Waals surface area contributed by atoms with Gasteiger partial charge in [0.25, 0.3) is 11.6 Å². The van der Waals surface area contributed by atoms with Crippen molar-refractivity contribution in [2.45, 2.75) is 45.9 Å². The van der Waals surface area contributed by atoms with Gasteiger partial charge in [0, 0.05) is 24.4 Å². The average molecular weight is 345 g/mol. The maximum Gasteiger partial charge on any atom is 0.453 e. The smallest absolute Gasteiger partial charge is 0.392 e. The molecule has 2 N–H and O–H groups in total. The second kappa shape index (κ2) is 6.71. The largest absolute Gasteiger partial charge is 0.453 e. The van der Waals surface area contributed by atoms with Gasteiger partial charge < -0.3 is 10.4 Å². The molecule has 1 atom stereocenters. The van der Waals surface area contributed by atoms with E-state index in [4.69, 9.17) is 5.11 Å². The first-order chi connectivity index (χ1) is 11.1. The molecule has 24 heavy (non-hydrogen) atoms. The highest BCUT2D eigenvalue weighted by Gasteiger charge is 2.36. The molecule has 10 heteroatoms. The minimum absolute atomic E-state index is 0.125. The maximum atomic E-state index is 12.7. The van der Waals surface area contributed by atoms with E-state index in [-0.39, 0.29) is 24.7 Å². The summed E-state index contributed by atoms with van der Waals surface area (Å²) in [6.45, 7) is 4.96. The third kappa shape index (κ3) is 3.99. The topological polar surface area (TPSA) is 92.4 Å². The molecule has 0 aromatic carbocycles. The van der Waals surface area contributed by atoms with Gasteiger partial charge in [0.15, 0.2) is 0 Å². The Morgan fingerprint density at radius 1 is 1.33 bits per heavy atom. The van der Waals surface area contributed by atoms with Crippen LogP contribution in [-0.4, -0.2) is 43.2 Å². The van der Waals surface area contributed by atoms with E-state index in [2.05, 4.69) is 20.4 Å². The zero-order valence-electron chi connectivity index (χ0n) is 13.5. The van der Waals surface area contributed by atoms with E-state index in [1.165, 1.54) is 0 Å². The number of carbonyl (C=O) groups is 1. The number of amides is 1. The molecular formula is C14H18F3N5O2. The van der Waals surface area contributed by atoms with Gasteiger partial charge in [0.05, 0.1) is 6.10 Å². The van der Waals surface area contributed by atoms with E-state index in [1.807, 2.05) is 0 Å². The number of nitrogens with one attached hydrogen (secondary N) is 1. The fourth-order valence-corrected chi connectivity index (χ4v) is 2.28. The van der Waals surface area contributed by atoms with Crippen LogP contribution in [0.2, 0.25) is 0 Å². The Kier molecular flexibility index (Phi) is 5.07. The molecule has 132 valence electrons. The molecular weight excluding hydrogens is 327 g/mol. The number of nitrogens with zero attached hydrogens (tertiary/aromatic N) is 4. The predicted molar refractivity (Wildman–Crippen MR) is 78.3 cm³/mol. The summed E-state index contributed by atoms with van der Waals surface area (Å²) in [4.78, 5) is 19.2. The lowest BCUT2D eigenvalue weighted by Crippen LogP contribution is -2.30. The summed E-state index contributed by atoms with van der Waals surface area (Å²) in [5, 5.41) is 15.1. The van der Waals surface area contributed by atoms with Gasteiger partial charge in [-0.25, -0.2) is 9.50 Å². The number of aliphatic hydroxyl groups excluding tert-OH is 1. The minimum atomic E-state index is -4.64. The first-order valence-corrected chi connectivity index (χ1v) is 7.34. The van der Waals surface area contributed by atoms with Crippen LogP contribution >= 0.6 is 0 Å². The van der Waals surface area contributed by atoms with Crippen molar-refractivity contribution < 1.29 is 23.1 Å². The highest BCUT2D eigenvalue weighted by molar-refractivity contribution is 5.76. The van der Waals surface area contributed by atoms with Gasteiger partial charge in [0.1, 0.15) is 0 Å². The van der Waals surface area contributed by atoms with Crippen LogP contribution in [0.4, 0.5) is 13.2 Å². The first kappa shape index (κ1) is 18.1. The SMILES string of the molecule is Cc1nc2nc(C(F)(F)F)nn2c(C)c1CCC(=O)NCC(C)O. The minimum Gasteiger partial charge on any atom is -0.392 e. The number of halogens is 3. The van der Waals surface area contributed by atoms with Crippen molar-refractivity contribution in [2.24, 2.45) is 0 Å². The van der Waals surface area contributed by atoms with Crippen molar-refractivity contribution in [3.8, 4) is 0 Å². The molecule has 0 spiro atoms. The van der Waals surface area contributed by atoms with Crippen LogP contribution < -0.4 is 5.32 Å². The number of rotatable bonds is 5. The van der Waals surface area contributed by atoms with Crippen molar-refractivity contribution in [1.29, 1.82) is 0 Å². The molecule has 1 amide bonds. The van der Waals surface area contributed by atoms with Crippen LogP contribution in [-0.2, 0) is 17.4 Å². The van der Waals surface area contributed by atoms with Gasteiger partial charge in [-0.3, -0.25) is 4.79 Å². The molecule has 0 saturated heterocycles. The zero-order valence-corrected chi connectivity index (χ0v) is 13.5. The Labute approximate surface area is 135 Å². The molecule has 7 nitrogen and oxygen atoms in total. The third-order valence-corrected chi connectivity index (χ3v) is 3.50. The van der Waals surface area contributed by atoms with Crippen LogP contribution in [0.1, 0.15) is 36.1 Å². The predicted octanol–water partition coefficient (Wildman–Crippen LogP) is 1.19. The van der Waals surface area contributed by atoms with E-state index in [9.17, 15) is 18.0 Å². The van der Waals surface area contributed by atoms with Crippen molar-refractivity contribution in [2.75, 3.05) is 6.54 Å². The van der Waals surface area contributed by atoms with Gasteiger partial charge in [-0.15, -0.1) is 5.10 Å². The lowest BCUT2D eigenvalue weighted by atomic mass is 10.1. The van der Waals surface area contributed by atoms with E-state index in [0.717, 1.165) is 4.52 Å². The number of fused-ring (bicyclic) bond motifs is 1. The lowest BCUT2D eigenvalue weighted by Gasteiger charge is -2.11. The number of aryl methyl sites for hydroxylation is 2. The number of hydrogen-bond donors (Lipinski definition) is 2. The van der Waals surface area contributed by atoms with E-state index < -0.39 is 18.1 Å². The summed E-state index contributed by atoms with van der Waals surface area (Å²) in [6, 6.07) is 0. The van der Waals surface area contributed by atoms with Gasteiger partial charge in [-0.1, -0.05) is 0 Å². The van der Waals surface area contributed by atoms with Crippen LogP contribution in [0, 0.1) is 13.8 Å². The molecule has 0 aliphatic carbocycles. The first-order valence-electron chi connectivity index (χ1n) is 7.34. The Morgan fingerprint density at radius 3 is 2.58 bits per heavy atom. The van der Waals surface area contributed by atoms with Gasteiger partial charge >= 0.3 is 6.18 Å². The van der Waals surface area contributed by atoms with Crippen molar-refractivity contribution >= 4 is 11.7 Å². The molecule has 2 heterocycles. The second-order valence-corrected chi connectivity index (χ2v) is 5.56. The highest BCUT2D eigenvalue weighted by atomic mass is 19.4. The summed E-state index contributed by atoms with van der Waals surface area (Å²) in [7, 11) is 0. The third-order valence-electron chi connectivity index (χ3n) is 3.50. The summed E-state index contributed by atoms with van der Waals surface area (Å²) < 4.78 is 39.2. The molecule has 1 unspecified atom stereocenters. The van der Waals surface area contributed by atoms with Gasteiger partial charge in [-0.2, -0.15) is 18.2 Å². The Morgan fingerprint density at radius 2 is 2.00 bits per heavy atom. The zero-order chi connectivity index (χ0) is 18.1. The summed E-state index contributed by atoms with van der Waals surface area (Å²) in [5.41, 5.74) is 1.61. The van der Waals surface area contributed by atoms with Gasteiger partial charge in [0.2, 0.25) is 5.91 Å². The molecule has 0 saturated carbocycles. The molecule has 2 aromatic rings. The van der Waals surface area contributed by atoms with Crippen LogP contribution in [0.25, 0.3) is 5.78 Å². The fraction of sp³-hybridized carbons (Fsp3) is 0.571. The van der Waals surface area contributed by atoms with Crippen LogP contribution in [0.3, 0.4) is 0 Å². The van der Waals surface area contributed by atoms with E-state index >= 15 is 0 Å². The number of hydrogen-bond acceptors (Lipinski definition) is 5. The van der Waals surface area contributed by atoms with Crippen molar-refractivity contribution in [3.05, 3.63) is 22.8 Å².